The van der Waals surface area contributed by atoms with Crippen LogP contribution in [0.1, 0.15) is 39.0 Å². The molecule has 3 unspecified atom stereocenters. The second-order valence-corrected chi connectivity index (χ2v) is 7.07. The quantitative estimate of drug-likeness (QED) is 0.814. The van der Waals surface area contributed by atoms with Crippen LogP contribution in [0.5, 0.6) is 0 Å². The van der Waals surface area contributed by atoms with Gasteiger partial charge in [0.15, 0.2) is 0 Å². The van der Waals surface area contributed by atoms with E-state index < -0.39 is 0 Å². The van der Waals surface area contributed by atoms with Crippen molar-refractivity contribution in [2.45, 2.75) is 51.1 Å². The summed E-state index contributed by atoms with van der Waals surface area (Å²) in [6.07, 6.45) is 7.04. The predicted molar refractivity (Wildman–Crippen MR) is 77.8 cm³/mol. The van der Waals surface area contributed by atoms with Crippen molar-refractivity contribution < 1.29 is 0 Å². The molecule has 1 aliphatic carbocycles. The zero-order valence-electron chi connectivity index (χ0n) is 11.5. The van der Waals surface area contributed by atoms with Gasteiger partial charge in [-0.2, -0.15) is 11.8 Å². The smallest absolute Gasteiger partial charge is 0.0191 e. The molecule has 17 heavy (non-hydrogen) atoms. The molecule has 2 fully saturated rings. The average molecular weight is 256 g/mol. The lowest BCUT2D eigenvalue weighted by Crippen LogP contribution is -2.41. The van der Waals surface area contributed by atoms with E-state index >= 15 is 0 Å². The molecule has 0 spiro atoms. The van der Waals surface area contributed by atoms with E-state index in [1.165, 1.54) is 56.7 Å². The number of hydrogen-bond donors (Lipinski definition) is 1. The minimum absolute atomic E-state index is 0.796. The fourth-order valence-corrected chi connectivity index (χ4v) is 4.42. The number of likely N-dealkylation sites (N-methyl/N-ethyl adjacent to an activating group) is 1. The van der Waals surface area contributed by atoms with Crippen molar-refractivity contribution in [1.29, 1.82) is 0 Å². The number of nitrogens with one attached hydrogen (secondary N) is 1. The Morgan fingerprint density at radius 3 is 2.88 bits per heavy atom. The lowest BCUT2D eigenvalue weighted by atomic mass is 9.87. The number of nitrogens with zero attached hydrogens (tertiary/aromatic N) is 1. The van der Waals surface area contributed by atoms with Crippen LogP contribution < -0.4 is 5.32 Å². The van der Waals surface area contributed by atoms with Crippen LogP contribution in [-0.2, 0) is 0 Å². The summed E-state index contributed by atoms with van der Waals surface area (Å²) < 4.78 is 0. The minimum atomic E-state index is 0.796. The highest BCUT2D eigenvalue weighted by Crippen LogP contribution is 2.23. The second-order valence-electron chi connectivity index (χ2n) is 5.92. The first kappa shape index (κ1) is 13.7. The summed E-state index contributed by atoms with van der Waals surface area (Å²) in [6.45, 7) is 4.79. The maximum Gasteiger partial charge on any atom is 0.0191 e. The monoisotopic (exact) mass is 256 g/mol. The summed E-state index contributed by atoms with van der Waals surface area (Å²) in [7, 11) is 2.29. The first-order valence-electron chi connectivity index (χ1n) is 7.27. The van der Waals surface area contributed by atoms with Crippen LogP contribution in [-0.4, -0.2) is 48.6 Å². The molecule has 0 aromatic carbocycles. The maximum absolute atomic E-state index is 3.76. The molecular formula is C14H28N2S. The Morgan fingerprint density at radius 2 is 2.18 bits per heavy atom. The normalized spacial score (nSPS) is 34.4. The van der Waals surface area contributed by atoms with Gasteiger partial charge in [0, 0.05) is 30.9 Å². The van der Waals surface area contributed by atoms with Crippen molar-refractivity contribution in [2.75, 3.05) is 31.6 Å². The minimum Gasteiger partial charge on any atom is -0.313 e. The maximum atomic E-state index is 3.76. The van der Waals surface area contributed by atoms with Crippen LogP contribution in [0.25, 0.3) is 0 Å². The molecule has 3 atom stereocenters. The van der Waals surface area contributed by atoms with E-state index in [4.69, 9.17) is 0 Å². The Hall–Kier alpha value is 0.270. The van der Waals surface area contributed by atoms with E-state index in [-0.39, 0.29) is 0 Å². The van der Waals surface area contributed by atoms with Crippen LogP contribution >= 0.6 is 11.8 Å². The third kappa shape index (κ3) is 4.46. The van der Waals surface area contributed by atoms with Crippen molar-refractivity contribution in [3.05, 3.63) is 0 Å². The van der Waals surface area contributed by atoms with Gasteiger partial charge in [0.1, 0.15) is 0 Å². The molecule has 0 aromatic rings. The molecule has 3 heteroatoms. The van der Waals surface area contributed by atoms with Gasteiger partial charge in [-0.05, 0) is 38.0 Å². The summed E-state index contributed by atoms with van der Waals surface area (Å²) in [5.41, 5.74) is 0. The van der Waals surface area contributed by atoms with Gasteiger partial charge in [0.25, 0.3) is 0 Å². The van der Waals surface area contributed by atoms with Crippen LogP contribution in [0.2, 0.25) is 0 Å². The molecular weight excluding hydrogens is 228 g/mol. The fourth-order valence-electron chi connectivity index (χ4n) is 3.12. The first-order valence-corrected chi connectivity index (χ1v) is 8.42. The zero-order valence-corrected chi connectivity index (χ0v) is 12.3. The van der Waals surface area contributed by atoms with Crippen molar-refractivity contribution in [1.82, 2.24) is 10.2 Å². The number of rotatable bonds is 5. The second kappa shape index (κ2) is 7.01. The predicted octanol–water partition coefficient (Wildman–Crippen LogP) is 2.59. The van der Waals surface area contributed by atoms with Gasteiger partial charge in [-0.1, -0.05) is 19.8 Å². The molecule has 0 bridgehead atoms. The van der Waals surface area contributed by atoms with Gasteiger partial charge in [0.2, 0.25) is 0 Å². The summed E-state index contributed by atoms with van der Waals surface area (Å²) in [5.74, 6) is 3.64. The van der Waals surface area contributed by atoms with Gasteiger partial charge < -0.3 is 10.2 Å². The van der Waals surface area contributed by atoms with Gasteiger partial charge in [0.05, 0.1) is 0 Å². The third-order valence-corrected chi connectivity index (χ3v) is 5.51. The standard InChI is InChI=1S/C14H28N2S/c1-12-4-3-5-13(10-12)15-7-8-16(2)14-6-9-17-11-14/h12-15H,3-11H2,1-2H3. The molecule has 0 aromatic heterocycles. The first-order chi connectivity index (χ1) is 8.25. The molecule has 1 heterocycles. The van der Waals surface area contributed by atoms with E-state index in [1.807, 2.05) is 0 Å². The molecule has 1 N–H and O–H groups in total. The van der Waals surface area contributed by atoms with Gasteiger partial charge >= 0.3 is 0 Å². The van der Waals surface area contributed by atoms with Crippen molar-refractivity contribution >= 4 is 11.8 Å². The van der Waals surface area contributed by atoms with E-state index in [9.17, 15) is 0 Å². The zero-order chi connectivity index (χ0) is 12.1. The van der Waals surface area contributed by atoms with Crippen molar-refractivity contribution in [2.24, 2.45) is 5.92 Å². The molecule has 2 rings (SSSR count). The fraction of sp³-hybridized carbons (Fsp3) is 1.00. The Kier molecular flexibility index (Phi) is 5.64. The van der Waals surface area contributed by atoms with Crippen molar-refractivity contribution in [3.63, 3.8) is 0 Å². The van der Waals surface area contributed by atoms with Gasteiger partial charge in [-0.3, -0.25) is 0 Å². The van der Waals surface area contributed by atoms with E-state index in [0.717, 1.165) is 18.0 Å². The highest BCUT2D eigenvalue weighted by Gasteiger charge is 2.21. The Morgan fingerprint density at radius 1 is 1.29 bits per heavy atom. The largest absolute Gasteiger partial charge is 0.313 e. The topological polar surface area (TPSA) is 15.3 Å². The highest BCUT2D eigenvalue weighted by atomic mass is 32.2. The third-order valence-electron chi connectivity index (χ3n) is 4.36. The van der Waals surface area contributed by atoms with Gasteiger partial charge in [-0.25, -0.2) is 0 Å². The lowest BCUT2D eigenvalue weighted by Gasteiger charge is -2.29. The molecule has 1 saturated carbocycles. The van der Waals surface area contributed by atoms with E-state index in [1.54, 1.807) is 0 Å². The molecule has 0 amide bonds. The van der Waals surface area contributed by atoms with Crippen LogP contribution in [0.4, 0.5) is 0 Å². The van der Waals surface area contributed by atoms with Crippen LogP contribution in [0.3, 0.4) is 0 Å². The SMILES string of the molecule is CC1CCCC(NCCN(C)C2CCSC2)C1. The number of hydrogen-bond acceptors (Lipinski definition) is 3. The van der Waals surface area contributed by atoms with Crippen LogP contribution in [0.15, 0.2) is 0 Å². The highest BCUT2D eigenvalue weighted by molar-refractivity contribution is 7.99. The lowest BCUT2D eigenvalue weighted by molar-refractivity contribution is 0.243. The molecule has 1 saturated heterocycles. The average Bonchev–Trinajstić information content (AvgIpc) is 2.82. The molecule has 2 nitrogen and oxygen atoms in total. The summed E-state index contributed by atoms with van der Waals surface area (Å²) in [5, 5.41) is 3.76. The summed E-state index contributed by atoms with van der Waals surface area (Å²) >= 11 is 2.11. The molecule has 1 aliphatic heterocycles. The summed E-state index contributed by atoms with van der Waals surface area (Å²) in [4.78, 5) is 2.55. The van der Waals surface area contributed by atoms with Crippen molar-refractivity contribution in [3.8, 4) is 0 Å². The Bertz CT molecular complexity index is 214. The summed E-state index contributed by atoms with van der Waals surface area (Å²) in [6, 6.07) is 1.64. The molecule has 2 aliphatic rings. The van der Waals surface area contributed by atoms with E-state index in [2.05, 4.69) is 35.9 Å². The molecule has 100 valence electrons. The number of thioether (sulfide) groups is 1. The Labute approximate surface area is 111 Å². The molecule has 0 radical (unpaired) electrons. The van der Waals surface area contributed by atoms with E-state index in [0.29, 0.717) is 0 Å². The Balaban J connectivity index is 1.58. The van der Waals surface area contributed by atoms with Gasteiger partial charge in [-0.15, -0.1) is 0 Å². The van der Waals surface area contributed by atoms with Crippen LogP contribution in [0, 0.1) is 5.92 Å².